The van der Waals surface area contributed by atoms with Crippen LogP contribution in [0.5, 0.6) is 0 Å². The molecule has 3 heterocycles. The molecule has 2 N–H and O–H groups in total. The molecule has 2 aliphatic rings. The van der Waals surface area contributed by atoms with Gasteiger partial charge in [0.25, 0.3) is 5.91 Å². The predicted molar refractivity (Wildman–Crippen MR) is 83.6 cm³/mol. The number of nitrogens with zero attached hydrogens (tertiary/aromatic N) is 1. The van der Waals surface area contributed by atoms with Gasteiger partial charge in [-0.05, 0) is 24.9 Å². The summed E-state index contributed by atoms with van der Waals surface area (Å²) < 4.78 is 25.6. The van der Waals surface area contributed by atoms with E-state index in [0.29, 0.717) is 16.7 Å². The zero-order chi connectivity index (χ0) is 14.3. The van der Waals surface area contributed by atoms with Gasteiger partial charge in [-0.3, -0.25) is 4.79 Å². The summed E-state index contributed by atoms with van der Waals surface area (Å²) in [7, 11) is -2.11. The molecule has 0 aromatic carbocycles. The first kappa shape index (κ1) is 16.7. The predicted octanol–water partition coefficient (Wildman–Crippen LogP) is 0.369. The van der Waals surface area contributed by atoms with Gasteiger partial charge in [0.15, 0.2) is 0 Å². The largest absolute Gasteiger partial charge is 0.337 e. The van der Waals surface area contributed by atoms with Crippen LogP contribution in [-0.4, -0.2) is 52.5 Å². The van der Waals surface area contributed by atoms with Crippen LogP contribution in [0.15, 0.2) is 16.3 Å². The summed E-state index contributed by atoms with van der Waals surface area (Å²) in [5.41, 5.74) is 0. The van der Waals surface area contributed by atoms with Crippen LogP contribution in [0.25, 0.3) is 0 Å². The molecule has 9 heteroatoms. The molecule has 0 saturated carbocycles. The average Bonchev–Trinajstić information content (AvgIpc) is 3.12. The quantitative estimate of drug-likeness (QED) is 0.824. The molecule has 0 unspecified atom stereocenters. The molecule has 2 saturated heterocycles. The average molecular weight is 352 g/mol. The van der Waals surface area contributed by atoms with Crippen molar-refractivity contribution in [3.05, 3.63) is 16.3 Å². The second kappa shape index (κ2) is 6.21. The van der Waals surface area contributed by atoms with Gasteiger partial charge >= 0.3 is 0 Å². The third-order valence-corrected chi connectivity index (χ3v) is 6.50. The number of likely N-dealkylation sites (tertiary alicyclic amines) is 1. The number of hydrogen-bond donors (Lipinski definition) is 2. The SMILES string of the molecule is CNS(=O)(=O)c1csc(C(=O)N2C[C@H]3CNC[C@H]3C2)c1.Cl. The van der Waals surface area contributed by atoms with Crippen molar-refractivity contribution < 1.29 is 13.2 Å². The highest BCUT2D eigenvalue weighted by Gasteiger charge is 2.38. The van der Waals surface area contributed by atoms with Crippen molar-refractivity contribution in [2.45, 2.75) is 4.90 Å². The van der Waals surface area contributed by atoms with Crippen molar-refractivity contribution in [2.75, 3.05) is 33.2 Å². The lowest BCUT2D eigenvalue weighted by molar-refractivity contribution is 0.0786. The van der Waals surface area contributed by atoms with Gasteiger partial charge in [-0.25, -0.2) is 13.1 Å². The minimum atomic E-state index is -3.47. The number of hydrogen-bond acceptors (Lipinski definition) is 5. The normalized spacial score (nSPS) is 24.7. The minimum Gasteiger partial charge on any atom is -0.337 e. The molecule has 2 atom stereocenters. The second-order valence-corrected chi connectivity index (χ2v) is 8.04. The molecule has 1 amide bonds. The van der Waals surface area contributed by atoms with Crippen molar-refractivity contribution in [2.24, 2.45) is 11.8 Å². The minimum absolute atomic E-state index is 0. The number of rotatable bonds is 3. The Morgan fingerprint density at radius 2 is 2.00 bits per heavy atom. The number of carbonyl (C=O) groups is 1. The lowest BCUT2D eigenvalue weighted by atomic mass is 10.0. The molecular weight excluding hydrogens is 334 g/mol. The smallest absolute Gasteiger partial charge is 0.263 e. The Morgan fingerprint density at radius 3 is 2.57 bits per heavy atom. The lowest BCUT2D eigenvalue weighted by Crippen LogP contribution is -2.31. The first-order chi connectivity index (χ1) is 9.51. The molecule has 2 aliphatic heterocycles. The molecule has 6 nitrogen and oxygen atoms in total. The molecule has 1 aromatic rings. The monoisotopic (exact) mass is 351 g/mol. The molecule has 1 aromatic heterocycles. The van der Waals surface area contributed by atoms with E-state index in [4.69, 9.17) is 0 Å². The summed E-state index contributed by atoms with van der Waals surface area (Å²) in [6.07, 6.45) is 0. The van der Waals surface area contributed by atoms with Crippen LogP contribution < -0.4 is 10.0 Å². The molecule has 21 heavy (non-hydrogen) atoms. The van der Waals surface area contributed by atoms with E-state index in [9.17, 15) is 13.2 Å². The molecule has 0 spiro atoms. The van der Waals surface area contributed by atoms with Crippen LogP contribution >= 0.6 is 23.7 Å². The van der Waals surface area contributed by atoms with Gasteiger partial charge in [-0.2, -0.15) is 0 Å². The fourth-order valence-electron chi connectivity index (χ4n) is 2.87. The van der Waals surface area contributed by atoms with E-state index in [1.807, 2.05) is 4.90 Å². The Labute approximate surface area is 134 Å². The highest BCUT2D eigenvalue weighted by molar-refractivity contribution is 7.89. The summed E-state index contributed by atoms with van der Waals surface area (Å²) in [4.78, 5) is 14.9. The summed E-state index contributed by atoms with van der Waals surface area (Å²) in [6.45, 7) is 3.47. The Morgan fingerprint density at radius 1 is 1.38 bits per heavy atom. The number of amides is 1. The fraction of sp³-hybridized carbons (Fsp3) is 0.583. The molecule has 0 bridgehead atoms. The third kappa shape index (κ3) is 3.09. The number of carbonyl (C=O) groups excluding carboxylic acids is 1. The van der Waals surface area contributed by atoms with Crippen LogP contribution in [0.3, 0.4) is 0 Å². The van der Waals surface area contributed by atoms with Crippen molar-refractivity contribution in [3.63, 3.8) is 0 Å². The number of thiophene rings is 1. The molecule has 0 aliphatic carbocycles. The second-order valence-electron chi connectivity index (χ2n) is 5.24. The van der Waals surface area contributed by atoms with Crippen LogP contribution in [0.2, 0.25) is 0 Å². The van der Waals surface area contributed by atoms with Crippen LogP contribution in [-0.2, 0) is 10.0 Å². The van der Waals surface area contributed by atoms with Gasteiger partial charge in [0.2, 0.25) is 10.0 Å². The first-order valence-corrected chi connectivity index (χ1v) is 8.89. The highest BCUT2D eigenvalue weighted by Crippen LogP contribution is 2.29. The summed E-state index contributed by atoms with van der Waals surface area (Å²) in [6, 6.07) is 1.46. The molecule has 2 fully saturated rings. The Kier molecular flexibility index (Phi) is 4.94. The van der Waals surface area contributed by atoms with Crippen LogP contribution in [0.4, 0.5) is 0 Å². The van der Waals surface area contributed by atoms with E-state index in [2.05, 4.69) is 10.0 Å². The van der Waals surface area contributed by atoms with Gasteiger partial charge in [0.1, 0.15) is 0 Å². The third-order valence-electron chi connectivity index (χ3n) is 4.04. The maximum atomic E-state index is 12.4. The van der Waals surface area contributed by atoms with Gasteiger partial charge < -0.3 is 10.2 Å². The van der Waals surface area contributed by atoms with Gasteiger partial charge in [0, 0.05) is 31.6 Å². The summed E-state index contributed by atoms with van der Waals surface area (Å²) >= 11 is 1.19. The first-order valence-electron chi connectivity index (χ1n) is 6.53. The lowest BCUT2D eigenvalue weighted by Gasteiger charge is -2.16. The summed E-state index contributed by atoms with van der Waals surface area (Å²) in [5.74, 6) is 1.03. The van der Waals surface area contributed by atoms with E-state index < -0.39 is 10.0 Å². The maximum Gasteiger partial charge on any atom is 0.263 e. The van der Waals surface area contributed by atoms with E-state index >= 15 is 0 Å². The number of halogens is 1. The Balaban J connectivity index is 0.00000161. The van der Waals surface area contributed by atoms with Crippen molar-refractivity contribution in [1.82, 2.24) is 14.9 Å². The van der Waals surface area contributed by atoms with E-state index in [1.165, 1.54) is 29.8 Å². The van der Waals surface area contributed by atoms with Gasteiger partial charge in [-0.15, -0.1) is 23.7 Å². The van der Waals surface area contributed by atoms with Crippen molar-refractivity contribution in [1.29, 1.82) is 0 Å². The van der Waals surface area contributed by atoms with E-state index in [1.54, 1.807) is 0 Å². The highest BCUT2D eigenvalue weighted by atomic mass is 35.5. The van der Waals surface area contributed by atoms with Crippen LogP contribution in [0.1, 0.15) is 9.67 Å². The molecular formula is C12H18ClN3O3S2. The molecule has 118 valence electrons. The van der Waals surface area contributed by atoms with Crippen molar-refractivity contribution in [3.8, 4) is 0 Å². The van der Waals surface area contributed by atoms with E-state index in [0.717, 1.165) is 26.2 Å². The van der Waals surface area contributed by atoms with Gasteiger partial charge in [-0.1, -0.05) is 0 Å². The van der Waals surface area contributed by atoms with Crippen molar-refractivity contribution >= 4 is 39.7 Å². The fourth-order valence-corrected chi connectivity index (χ4v) is 4.84. The van der Waals surface area contributed by atoms with Crippen LogP contribution in [0, 0.1) is 11.8 Å². The Hall–Kier alpha value is -0.670. The number of nitrogens with one attached hydrogen (secondary N) is 2. The molecule has 3 rings (SSSR count). The topological polar surface area (TPSA) is 78.5 Å². The number of fused-ring (bicyclic) bond motifs is 1. The van der Waals surface area contributed by atoms with Gasteiger partial charge in [0.05, 0.1) is 9.77 Å². The number of sulfonamides is 1. The maximum absolute atomic E-state index is 12.4. The van der Waals surface area contributed by atoms with E-state index in [-0.39, 0.29) is 23.2 Å². The molecule has 0 radical (unpaired) electrons. The zero-order valence-corrected chi connectivity index (χ0v) is 14.0. The Bertz CT molecular complexity index is 619. The summed E-state index contributed by atoms with van der Waals surface area (Å²) in [5, 5.41) is 4.84. The zero-order valence-electron chi connectivity index (χ0n) is 11.5. The standard InChI is InChI=1S/C12H17N3O3S2.ClH/c1-13-20(17,18)10-2-11(19-7-10)12(16)15-5-8-3-14-4-9(8)6-15;/h2,7-9,13-14H,3-6H2,1H3;1H/t8-,9+;.